The van der Waals surface area contributed by atoms with Crippen molar-refractivity contribution in [1.82, 2.24) is 5.32 Å². The van der Waals surface area contributed by atoms with Crippen molar-refractivity contribution in [3.05, 3.63) is 57.3 Å². The summed E-state index contributed by atoms with van der Waals surface area (Å²) in [6.07, 6.45) is 0. The van der Waals surface area contributed by atoms with Crippen molar-refractivity contribution in [2.45, 2.75) is 6.54 Å². The van der Waals surface area contributed by atoms with Crippen LogP contribution < -0.4 is 5.32 Å². The van der Waals surface area contributed by atoms with Gasteiger partial charge in [0.2, 0.25) is 0 Å². The number of thiophene rings is 1. The number of halogens is 2. The van der Waals surface area contributed by atoms with Gasteiger partial charge in [0, 0.05) is 12.1 Å². The Balaban J connectivity index is 2.05. The molecule has 0 aliphatic carbocycles. The number of rotatable bonds is 3. The van der Waals surface area contributed by atoms with Crippen molar-refractivity contribution in [2.75, 3.05) is 6.61 Å². The zero-order valence-corrected chi connectivity index (χ0v) is 11.6. The molecule has 1 aromatic heterocycles. The van der Waals surface area contributed by atoms with Crippen LogP contribution in [-0.4, -0.2) is 17.6 Å². The first-order valence-electron chi connectivity index (χ1n) is 6.01. The molecule has 6 heteroatoms. The third-order valence-corrected chi connectivity index (χ3v) is 3.52. The summed E-state index contributed by atoms with van der Waals surface area (Å²) in [5, 5.41) is 13.0. The summed E-state index contributed by atoms with van der Waals surface area (Å²) in [5.74, 6) is 2.93. The molecule has 0 saturated heterocycles. The highest BCUT2D eigenvalue weighted by Gasteiger charge is 2.12. The predicted octanol–water partition coefficient (Wildman–Crippen LogP) is 2.30. The van der Waals surface area contributed by atoms with Crippen molar-refractivity contribution < 1.29 is 18.7 Å². The fourth-order valence-electron chi connectivity index (χ4n) is 1.63. The van der Waals surface area contributed by atoms with Crippen molar-refractivity contribution in [3.8, 4) is 11.8 Å². The van der Waals surface area contributed by atoms with Gasteiger partial charge in [-0.05, 0) is 29.1 Å². The minimum Gasteiger partial charge on any atom is -0.384 e. The van der Waals surface area contributed by atoms with Gasteiger partial charge in [-0.3, -0.25) is 4.79 Å². The number of aliphatic hydroxyl groups excluding tert-OH is 1. The summed E-state index contributed by atoms with van der Waals surface area (Å²) >= 11 is 1.22. The lowest BCUT2D eigenvalue weighted by molar-refractivity contribution is 0.0954. The van der Waals surface area contributed by atoms with Gasteiger partial charge in [0.1, 0.15) is 11.5 Å². The summed E-state index contributed by atoms with van der Waals surface area (Å²) in [6, 6.07) is 5.13. The first kappa shape index (κ1) is 15.2. The number of aliphatic hydroxyl groups is 1. The van der Waals surface area contributed by atoms with Gasteiger partial charge < -0.3 is 10.4 Å². The number of benzene rings is 1. The average molecular weight is 307 g/mol. The lowest BCUT2D eigenvalue weighted by Gasteiger charge is -2.05. The van der Waals surface area contributed by atoms with Crippen LogP contribution in [0.15, 0.2) is 29.6 Å². The van der Waals surface area contributed by atoms with Crippen LogP contribution in [0, 0.1) is 23.5 Å². The quantitative estimate of drug-likeness (QED) is 0.855. The number of nitrogens with one attached hydrogen (secondary N) is 1. The molecule has 0 saturated carbocycles. The molecule has 2 rings (SSSR count). The third-order valence-electron chi connectivity index (χ3n) is 2.61. The van der Waals surface area contributed by atoms with E-state index in [1.165, 1.54) is 17.4 Å². The van der Waals surface area contributed by atoms with E-state index < -0.39 is 11.6 Å². The maximum atomic E-state index is 13.1. The number of hydrogen-bond acceptors (Lipinski definition) is 3. The van der Waals surface area contributed by atoms with E-state index in [0.29, 0.717) is 16.0 Å². The van der Waals surface area contributed by atoms with E-state index in [4.69, 9.17) is 5.11 Å². The van der Waals surface area contributed by atoms with Crippen LogP contribution in [-0.2, 0) is 6.54 Å². The molecule has 0 bridgehead atoms. The Morgan fingerprint density at radius 2 is 2.10 bits per heavy atom. The summed E-state index contributed by atoms with van der Waals surface area (Å²) in [5.41, 5.74) is 0.985. The highest BCUT2D eigenvalue weighted by Crippen LogP contribution is 2.16. The van der Waals surface area contributed by atoms with Crippen LogP contribution in [0.3, 0.4) is 0 Å². The first-order valence-corrected chi connectivity index (χ1v) is 6.89. The van der Waals surface area contributed by atoms with Crippen molar-refractivity contribution >= 4 is 17.2 Å². The predicted molar refractivity (Wildman–Crippen MR) is 75.8 cm³/mol. The van der Waals surface area contributed by atoms with Crippen LogP contribution in [0.2, 0.25) is 0 Å². The molecule has 0 radical (unpaired) electrons. The van der Waals surface area contributed by atoms with Gasteiger partial charge in [-0.1, -0.05) is 17.9 Å². The SMILES string of the molecule is O=C(NCc1ccc(F)c(F)c1)c1sccc1C#CCO. The van der Waals surface area contributed by atoms with Gasteiger partial charge in [0.25, 0.3) is 5.91 Å². The second kappa shape index (κ2) is 6.97. The van der Waals surface area contributed by atoms with Crippen LogP contribution in [0.25, 0.3) is 0 Å². The second-order valence-electron chi connectivity index (χ2n) is 4.05. The van der Waals surface area contributed by atoms with E-state index in [9.17, 15) is 13.6 Å². The Hall–Kier alpha value is -2.23. The lowest BCUT2D eigenvalue weighted by atomic mass is 10.2. The molecule has 0 fully saturated rings. The topological polar surface area (TPSA) is 49.3 Å². The molecule has 1 heterocycles. The largest absolute Gasteiger partial charge is 0.384 e. The zero-order chi connectivity index (χ0) is 15.2. The molecular formula is C15H11F2NO2S. The maximum absolute atomic E-state index is 13.1. The van der Waals surface area contributed by atoms with E-state index in [2.05, 4.69) is 17.2 Å². The van der Waals surface area contributed by atoms with Crippen molar-refractivity contribution in [1.29, 1.82) is 0 Å². The van der Waals surface area contributed by atoms with E-state index in [1.54, 1.807) is 11.4 Å². The van der Waals surface area contributed by atoms with E-state index >= 15 is 0 Å². The smallest absolute Gasteiger partial charge is 0.262 e. The van der Waals surface area contributed by atoms with Gasteiger partial charge in [-0.25, -0.2) is 8.78 Å². The minimum atomic E-state index is -0.952. The summed E-state index contributed by atoms with van der Waals surface area (Å²) < 4.78 is 25.8. The zero-order valence-electron chi connectivity index (χ0n) is 10.8. The normalized spacial score (nSPS) is 9.86. The Morgan fingerprint density at radius 1 is 1.29 bits per heavy atom. The van der Waals surface area contributed by atoms with Gasteiger partial charge in [-0.15, -0.1) is 11.3 Å². The molecule has 0 spiro atoms. The molecule has 1 amide bonds. The van der Waals surface area contributed by atoms with Crippen LogP contribution in [0.5, 0.6) is 0 Å². The summed E-state index contributed by atoms with van der Waals surface area (Å²) in [7, 11) is 0. The first-order chi connectivity index (χ1) is 10.1. The Kier molecular flexibility index (Phi) is 5.04. The molecule has 108 valence electrons. The van der Waals surface area contributed by atoms with E-state index in [-0.39, 0.29) is 19.1 Å². The summed E-state index contributed by atoms with van der Waals surface area (Å²) in [4.78, 5) is 12.4. The van der Waals surface area contributed by atoms with E-state index in [0.717, 1.165) is 12.1 Å². The summed E-state index contributed by atoms with van der Waals surface area (Å²) in [6.45, 7) is -0.202. The number of amides is 1. The molecule has 0 aliphatic rings. The monoisotopic (exact) mass is 307 g/mol. The molecule has 2 N–H and O–H groups in total. The molecule has 2 aromatic rings. The van der Waals surface area contributed by atoms with Crippen LogP contribution in [0.1, 0.15) is 20.8 Å². The molecule has 0 unspecified atom stereocenters. The van der Waals surface area contributed by atoms with E-state index in [1.807, 2.05) is 0 Å². The fourth-order valence-corrected chi connectivity index (χ4v) is 2.40. The molecule has 1 aromatic carbocycles. The molecular weight excluding hydrogens is 296 g/mol. The average Bonchev–Trinajstić information content (AvgIpc) is 2.94. The van der Waals surface area contributed by atoms with Crippen molar-refractivity contribution in [2.24, 2.45) is 0 Å². The van der Waals surface area contributed by atoms with Gasteiger partial charge in [-0.2, -0.15) is 0 Å². The highest BCUT2D eigenvalue weighted by atomic mass is 32.1. The lowest BCUT2D eigenvalue weighted by Crippen LogP contribution is -2.22. The number of carbonyl (C=O) groups excluding carboxylic acids is 1. The number of carbonyl (C=O) groups is 1. The van der Waals surface area contributed by atoms with Crippen LogP contribution in [0.4, 0.5) is 8.78 Å². The molecule has 21 heavy (non-hydrogen) atoms. The third kappa shape index (κ3) is 3.88. The minimum absolute atomic E-state index is 0.0841. The molecule has 0 atom stereocenters. The van der Waals surface area contributed by atoms with Crippen molar-refractivity contribution in [3.63, 3.8) is 0 Å². The second-order valence-corrected chi connectivity index (χ2v) is 4.97. The Morgan fingerprint density at radius 3 is 2.81 bits per heavy atom. The van der Waals surface area contributed by atoms with Gasteiger partial charge in [0.15, 0.2) is 11.6 Å². The van der Waals surface area contributed by atoms with Crippen LogP contribution >= 0.6 is 11.3 Å². The Bertz CT molecular complexity index is 716. The number of hydrogen-bond donors (Lipinski definition) is 2. The molecule has 3 nitrogen and oxygen atoms in total. The molecule has 0 aliphatic heterocycles. The van der Waals surface area contributed by atoms with Gasteiger partial charge in [0.05, 0.1) is 0 Å². The Labute approximate surface area is 124 Å². The highest BCUT2D eigenvalue weighted by molar-refractivity contribution is 7.12. The standard InChI is InChI=1S/C15H11F2NO2S/c16-12-4-3-10(8-13(12)17)9-18-15(20)14-11(2-1-6-19)5-7-21-14/h3-5,7-8,19H,6,9H2,(H,18,20). The maximum Gasteiger partial charge on any atom is 0.262 e. The fraction of sp³-hybridized carbons (Fsp3) is 0.133. The van der Waals surface area contributed by atoms with Gasteiger partial charge >= 0.3 is 0 Å².